The minimum atomic E-state index is -4.61. The number of carbonyl (C=O) groups excluding carboxylic acids is 3. The van der Waals surface area contributed by atoms with Gasteiger partial charge in [0.2, 0.25) is 11.8 Å². The molecule has 2 saturated heterocycles. The van der Waals surface area contributed by atoms with Gasteiger partial charge >= 0.3 is 12.2 Å². The predicted octanol–water partition coefficient (Wildman–Crippen LogP) is 4.19. The van der Waals surface area contributed by atoms with Crippen molar-refractivity contribution in [2.45, 2.75) is 31.5 Å². The van der Waals surface area contributed by atoms with Crippen LogP contribution in [0.25, 0.3) is 0 Å². The monoisotopic (exact) mass is 566 g/mol. The second-order valence-corrected chi connectivity index (χ2v) is 9.98. The molecule has 2 aliphatic heterocycles. The largest absolute Gasteiger partial charge is 0.416 e. The van der Waals surface area contributed by atoms with E-state index in [1.807, 2.05) is 30.3 Å². The van der Waals surface area contributed by atoms with Crippen LogP contribution < -0.4 is 10.6 Å². The highest BCUT2D eigenvalue weighted by molar-refractivity contribution is 6.33. The Bertz CT molecular complexity index is 1170. The molecule has 12 heteroatoms. The second-order valence-electron chi connectivity index (χ2n) is 9.57. The van der Waals surface area contributed by atoms with Crippen LogP contribution in [0.2, 0.25) is 5.02 Å². The summed E-state index contributed by atoms with van der Waals surface area (Å²) in [5.74, 6) is -0.442. The molecular formula is C27H30ClF3N4O4. The van der Waals surface area contributed by atoms with E-state index in [0.29, 0.717) is 52.2 Å². The van der Waals surface area contributed by atoms with E-state index >= 15 is 0 Å². The molecule has 2 aromatic carbocycles. The fourth-order valence-electron chi connectivity index (χ4n) is 4.77. The lowest BCUT2D eigenvalue weighted by molar-refractivity contribution is -0.144. The molecule has 0 aromatic heterocycles. The molecule has 0 aliphatic carbocycles. The topological polar surface area (TPSA) is 91.0 Å². The number of carbonyl (C=O) groups is 3. The van der Waals surface area contributed by atoms with Crippen molar-refractivity contribution in [1.82, 2.24) is 15.1 Å². The zero-order chi connectivity index (χ0) is 28.0. The van der Waals surface area contributed by atoms with E-state index in [1.165, 1.54) is 0 Å². The van der Waals surface area contributed by atoms with E-state index in [9.17, 15) is 27.6 Å². The van der Waals surface area contributed by atoms with E-state index in [2.05, 4.69) is 10.6 Å². The van der Waals surface area contributed by atoms with Crippen molar-refractivity contribution in [1.29, 1.82) is 0 Å². The highest BCUT2D eigenvalue weighted by Crippen LogP contribution is 2.33. The van der Waals surface area contributed by atoms with Gasteiger partial charge in [-0.05, 0) is 36.6 Å². The summed E-state index contributed by atoms with van der Waals surface area (Å²) >= 11 is 6.01. The van der Waals surface area contributed by atoms with Gasteiger partial charge in [0.15, 0.2) is 0 Å². The number of benzene rings is 2. The van der Waals surface area contributed by atoms with Gasteiger partial charge in [-0.25, -0.2) is 4.79 Å². The molecule has 0 saturated carbocycles. The Morgan fingerprint density at radius 1 is 0.974 bits per heavy atom. The molecule has 2 N–H and O–H groups in total. The summed E-state index contributed by atoms with van der Waals surface area (Å²) in [4.78, 5) is 42.6. The van der Waals surface area contributed by atoms with Gasteiger partial charge in [-0.3, -0.25) is 9.59 Å². The zero-order valence-electron chi connectivity index (χ0n) is 21.2. The van der Waals surface area contributed by atoms with Crippen molar-refractivity contribution in [3.8, 4) is 0 Å². The van der Waals surface area contributed by atoms with Crippen LogP contribution in [0.3, 0.4) is 0 Å². The number of hydrogen-bond donors (Lipinski definition) is 2. The van der Waals surface area contributed by atoms with Crippen LogP contribution in [0, 0.1) is 5.92 Å². The number of amides is 4. The maximum Gasteiger partial charge on any atom is 0.416 e. The third-order valence-corrected chi connectivity index (χ3v) is 7.24. The smallest absolute Gasteiger partial charge is 0.378 e. The zero-order valence-corrected chi connectivity index (χ0v) is 21.9. The van der Waals surface area contributed by atoms with E-state index in [4.69, 9.17) is 16.3 Å². The number of halogens is 4. The Kier molecular flexibility index (Phi) is 9.34. The fourth-order valence-corrected chi connectivity index (χ4v) is 4.94. The molecule has 8 nitrogen and oxygen atoms in total. The molecule has 0 spiro atoms. The molecule has 1 atom stereocenters. The standard InChI is InChI=1S/C27H30ClF3N4O4/c28-21-7-6-20(27(29,30)31)17-22(21)32-26(38)33-23(16-18-4-2-1-3-5-18)25(37)34-10-8-19(9-11-34)24(36)35-12-14-39-15-13-35/h1-7,17,19,23H,8-16H2,(H2,32,33,38)/t23-/m0/s1. The minimum absolute atomic E-state index is 0.0710. The molecule has 0 radical (unpaired) electrons. The number of morpholine rings is 1. The van der Waals surface area contributed by atoms with E-state index < -0.39 is 23.8 Å². The maximum absolute atomic E-state index is 13.5. The predicted molar refractivity (Wildman–Crippen MR) is 139 cm³/mol. The van der Waals surface area contributed by atoms with Gasteiger partial charge in [0.1, 0.15) is 6.04 Å². The number of ether oxygens (including phenoxy) is 1. The average molecular weight is 567 g/mol. The Labute approximate surface area is 229 Å². The summed E-state index contributed by atoms with van der Waals surface area (Å²) in [6.07, 6.45) is -3.42. The molecule has 0 bridgehead atoms. The van der Waals surface area contributed by atoms with Gasteiger partial charge in [0, 0.05) is 38.5 Å². The molecule has 4 rings (SSSR count). The Balaban J connectivity index is 1.42. The van der Waals surface area contributed by atoms with Crippen molar-refractivity contribution >= 4 is 35.1 Å². The number of anilines is 1. The SMILES string of the molecule is O=C(Nc1cc(C(F)(F)F)ccc1Cl)N[C@@H](Cc1ccccc1)C(=O)N1CCC(C(=O)N2CCOCC2)CC1. The lowest BCUT2D eigenvalue weighted by atomic mass is 9.94. The van der Waals surface area contributed by atoms with Crippen LogP contribution in [0.1, 0.15) is 24.0 Å². The molecule has 2 aliphatic rings. The average Bonchev–Trinajstić information content (AvgIpc) is 2.93. The third kappa shape index (κ3) is 7.63. The van der Waals surface area contributed by atoms with Crippen molar-refractivity contribution in [2.24, 2.45) is 5.92 Å². The van der Waals surface area contributed by atoms with Crippen molar-refractivity contribution in [2.75, 3.05) is 44.7 Å². The van der Waals surface area contributed by atoms with Crippen LogP contribution in [-0.2, 0) is 26.9 Å². The number of nitrogens with one attached hydrogen (secondary N) is 2. The van der Waals surface area contributed by atoms with Gasteiger partial charge in [-0.2, -0.15) is 13.2 Å². The summed E-state index contributed by atoms with van der Waals surface area (Å²) in [5.41, 5.74) is -0.392. The summed E-state index contributed by atoms with van der Waals surface area (Å²) < 4.78 is 44.7. The van der Waals surface area contributed by atoms with E-state index in [1.54, 1.807) is 9.80 Å². The van der Waals surface area contributed by atoms with E-state index in [0.717, 1.165) is 23.8 Å². The molecular weight excluding hydrogens is 537 g/mol. The summed E-state index contributed by atoms with van der Waals surface area (Å²) in [6.45, 7) is 2.87. The van der Waals surface area contributed by atoms with Gasteiger partial charge in [0.05, 0.1) is 29.5 Å². The van der Waals surface area contributed by atoms with Gasteiger partial charge in [-0.15, -0.1) is 0 Å². The lowest BCUT2D eigenvalue weighted by Crippen LogP contribution is -2.53. The quantitative estimate of drug-likeness (QED) is 0.549. The molecule has 39 heavy (non-hydrogen) atoms. The van der Waals surface area contributed by atoms with Crippen LogP contribution in [-0.4, -0.2) is 73.1 Å². The van der Waals surface area contributed by atoms with Crippen LogP contribution >= 0.6 is 11.6 Å². The van der Waals surface area contributed by atoms with Crippen molar-refractivity contribution in [3.63, 3.8) is 0 Å². The summed E-state index contributed by atoms with van der Waals surface area (Å²) in [7, 11) is 0. The fraction of sp³-hybridized carbons (Fsp3) is 0.444. The molecule has 2 heterocycles. The van der Waals surface area contributed by atoms with E-state index in [-0.39, 0.29) is 34.9 Å². The summed E-state index contributed by atoms with van der Waals surface area (Å²) in [5, 5.41) is 4.88. The normalized spacial score (nSPS) is 17.4. The Hall–Kier alpha value is -3.31. The molecule has 210 valence electrons. The Morgan fingerprint density at radius 2 is 1.64 bits per heavy atom. The minimum Gasteiger partial charge on any atom is -0.378 e. The molecule has 4 amide bonds. The number of piperidine rings is 1. The maximum atomic E-state index is 13.5. The molecule has 0 unspecified atom stereocenters. The van der Waals surface area contributed by atoms with Gasteiger partial charge in [0.25, 0.3) is 0 Å². The number of hydrogen-bond acceptors (Lipinski definition) is 4. The Morgan fingerprint density at radius 3 is 2.28 bits per heavy atom. The summed E-state index contributed by atoms with van der Waals surface area (Å²) in [6, 6.07) is 9.84. The van der Waals surface area contributed by atoms with Crippen LogP contribution in [0.4, 0.5) is 23.7 Å². The second kappa shape index (κ2) is 12.7. The first-order chi connectivity index (χ1) is 18.6. The highest BCUT2D eigenvalue weighted by Gasteiger charge is 2.34. The van der Waals surface area contributed by atoms with Crippen molar-refractivity contribution in [3.05, 3.63) is 64.7 Å². The highest BCUT2D eigenvalue weighted by atomic mass is 35.5. The number of nitrogens with zero attached hydrogens (tertiary/aromatic N) is 2. The van der Waals surface area contributed by atoms with Gasteiger partial charge < -0.3 is 25.2 Å². The molecule has 2 fully saturated rings. The van der Waals surface area contributed by atoms with Gasteiger partial charge in [-0.1, -0.05) is 41.9 Å². The first-order valence-corrected chi connectivity index (χ1v) is 13.1. The lowest BCUT2D eigenvalue weighted by Gasteiger charge is -2.36. The number of alkyl halides is 3. The number of likely N-dealkylation sites (tertiary alicyclic amines) is 1. The van der Waals surface area contributed by atoms with Crippen LogP contribution in [0.15, 0.2) is 48.5 Å². The first-order valence-electron chi connectivity index (χ1n) is 12.8. The first kappa shape index (κ1) is 28.7. The number of rotatable bonds is 6. The van der Waals surface area contributed by atoms with Crippen LogP contribution in [0.5, 0.6) is 0 Å². The van der Waals surface area contributed by atoms with Crippen molar-refractivity contribution < 1.29 is 32.3 Å². The molecule has 2 aromatic rings. The third-order valence-electron chi connectivity index (χ3n) is 6.91. The number of urea groups is 1.